The van der Waals surface area contributed by atoms with Gasteiger partial charge in [-0.1, -0.05) is 13.0 Å². The van der Waals surface area contributed by atoms with Gasteiger partial charge in [-0.15, -0.1) is 0 Å². The smallest absolute Gasteiger partial charge is 0.119 e. The Hall–Kier alpha value is -1.02. The normalized spacial score (nSPS) is 14.6. The van der Waals surface area contributed by atoms with Gasteiger partial charge >= 0.3 is 0 Å². The summed E-state index contributed by atoms with van der Waals surface area (Å²) >= 11 is 0. The second kappa shape index (κ2) is 5.90. The van der Waals surface area contributed by atoms with Crippen LogP contribution in [-0.4, -0.2) is 13.2 Å². The minimum Gasteiger partial charge on any atom is -0.497 e. The summed E-state index contributed by atoms with van der Waals surface area (Å²) in [7, 11) is 1.70. The molecule has 2 nitrogen and oxygen atoms in total. The maximum Gasteiger partial charge on any atom is 0.119 e. The van der Waals surface area contributed by atoms with E-state index in [2.05, 4.69) is 32.9 Å². The summed E-state index contributed by atoms with van der Waals surface area (Å²) in [5, 5.41) is 0. The molecule has 0 amide bonds. The highest BCUT2D eigenvalue weighted by Gasteiger charge is 2.08. The minimum absolute atomic E-state index is 0.286. The van der Waals surface area contributed by atoms with Crippen LogP contribution in [0.1, 0.15) is 31.4 Å². The molecule has 0 fully saturated rings. The molecule has 16 heavy (non-hydrogen) atoms. The van der Waals surface area contributed by atoms with E-state index in [9.17, 15) is 0 Å². The number of ether oxygens (including phenoxy) is 1. The van der Waals surface area contributed by atoms with Crippen LogP contribution in [0.3, 0.4) is 0 Å². The lowest BCUT2D eigenvalue weighted by molar-refractivity contribution is 0.414. The lowest BCUT2D eigenvalue weighted by atomic mass is 9.93. The van der Waals surface area contributed by atoms with Gasteiger partial charge in [-0.2, -0.15) is 0 Å². The summed E-state index contributed by atoms with van der Waals surface area (Å²) in [6.45, 7) is 6.46. The standard InChI is InChI=1S/C14H23NO/c1-10(7-12(3)15)8-13-5-6-14(16-4)9-11(13)2/h5-6,9-10,12H,7-8,15H2,1-4H3. The molecule has 2 heteroatoms. The predicted molar refractivity (Wildman–Crippen MR) is 68.9 cm³/mol. The van der Waals surface area contributed by atoms with E-state index in [0.29, 0.717) is 5.92 Å². The molecule has 0 saturated heterocycles. The topological polar surface area (TPSA) is 35.2 Å². The Morgan fingerprint density at radius 2 is 2.00 bits per heavy atom. The van der Waals surface area contributed by atoms with Crippen LogP contribution < -0.4 is 10.5 Å². The van der Waals surface area contributed by atoms with E-state index in [4.69, 9.17) is 10.5 Å². The minimum atomic E-state index is 0.286. The van der Waals surface area contributed by atoms with Crippen molar-refractivity contribution in [1.82, 2.24) is 0 Å². The highest BCUT2D eigenvalue weighted by atomic mass is 16.5. The Kier molecular flexibility index (Phi) is 4.81. The van der Waals surface area contributed by atoms with Gasteiger partial charge in [0.25, 0.3) is 0 Å². The summed E-state index contributed by atoms with van der Waals surface area (Å²) < 4.78 is 5.20. The summed E-state index contributed by atoms with van der Waals surface area (Å²) in [6.07, 6.45) is 2.17. The molecular formula is C14H23NO. The molecule has 0 aromatic heterocycles. The molecule has 0 radical (unpaired) electrons. The number of nitrogens with two attached hydrogens (primary N) is 1. The molecule has 0 aliphatic heterocycles. The number of benzene rings is 1. The van der Waals surface area contributed by atoms with Crippen LogP contribution in [0.5, 0.6) is 5.75 Å². The molecule has 0 heterocycles. The van der Waals surface area contributed by atoms with Crippen molar-refractivity contribution in [3.8, 4) is 5.75 Å². The zero-order valence-electron chi connectivity index (χ0n) is 10.8. The van der Waals surface area contributed by atoms with Crippen LogP contribution in [0.25, 0.3) is 0 Å². The molecular weight excluding hydrogens is 198 g/mol. The van der Waals surface area contributed by atoms with Crippen LogP contribution in [0.15, 0.2) is 18.2 Å². The largest absolute Gasteiger partial charge is 0.497 e. The van der Waals surface area contributed by atoms with Crippen LogP contribution in [-0.2, 0) is 6.42 Å². The zero-order chi connectivity index (χ0) is 12.1. The molecule has 0 bridgehead atoms. The first-order valence-electron chi connectivity index (χ1n) is 5.92. The Balaban J connectivity index is 2.66. The molecule has 2 atom stereocenters. The Bertz CT molecular complexity index is 334. The first kappa shape index (κ1) is 13.0. The van der Waals surface area contributed by atoms with Crippen LogP contribution >= 0.6 is 0 Å². The van der Waals surface area contributed by atoms with Crippen molar-refractivity contribution >= 4 is 0 Å². The second-order valence-electron chi connectivity index (χ2n) is 4.81. The van der Waals surface area contributed by atoms with Crippen LogP contribution in [0.2, 0.25) is 0 Å². The van der Waals surface area contributed by atoms with Crippen molar-refractivity contribution in [2.75, 3.05) is 7.11 Å². The highest BCUT2D eigenvalue weighted by molar-refractivity contribution is 5.34. The summed E-state index contributed by atoms with van der Waals surface area (Å²) in [5.41, 5.74) is 8.51. The summed E-state index contributed by atoms with van der Waals surface area (Å²) in [5.74, 6) is 1.56. The SMILES string of the molecule is COc1ccc(CC(C)CC(C)N)c(C)c1. The monoisotopic (exact) mass is 221 g/mol. The molecule has 0 aliphatic carbocycles. The lowest BCUT2D eigenvalue weighted by Crippen LogP contribution is -2.19. The van der Waals surface area contributed by atoms with Gasteiger partial charge in [0.05, 0.1) is 7.11 Å². The Morgan fingerprint density at radius 3 is 2.50 bits per heavy atom. The molecule has 1 aromatic rings. The van der Waals surface area contributed by atoms with Gasteiger partial charge in [0, 0.05) is 6.04 Å². The van der Waals surface area contributed by atoms with Crippen molar-refractivity contribution < 1.29 is 4.74 Å². The zero-order valence-corrected chi connectivity index (χ0v) is 10.8. The van der Waals surface area contributed by atoms with Gasteiger partial charge in [-0.25, -0.2) is 0 Å². The Morgan fingerprint density at radius 1 is 1.31 bits per heavy atom. The number of methoxy groups -OCH3 is 1. The molecule has 2 N–H and O–H groups in total. The highest BCUT2D eigenvalue weighted by Crippen LogP contribution is 2.21. The van der Waals surface area contributed by atoms with Gasteiger partial charge in [0.15, 0.2) is 0 Å². The third kappa shape index (κ3) is 3.86. The average molecular weight is 221 g/mol. The maximum absolute atomic E-state index is 5.81. The second-order valence-corrected chi connectivity index (χ2v) is 4.81. The molecule has 0 saturated carbocycles. The first-order valence-corrected chi connectivity index (χ1v) is 5.92. The maximum atomic E-state index is 5.81. The predicted octanol–water partition coefficient (Wildman–Crippen LogP) is 2.92. The number of rotatable bonds is 5. The van der Waals surface area contributed by atoms with Crippen LogP contribution in [0.4, 0.5) is 0 Å². The van der Waals surface area contributed by atoms with E-state index >= 15 is 0 Å². The van der Waals surface area contributed by atoms with Gasteiger partial charge in [-0.3, -0.25) is 0 Å². The molecule has 0 aliphatic rings. The summed E-state index contributed by atoms with van der Waals surface area (Å²) in [4.78, 5) is 0. The molecule has 1 rings (SSSR count). The summed E-state index contributed by atoms with van der Waals surface area (Å²) in [6, 6.07) is 6.56. The van der Waals surface area contributed by atoms with E-state index in [-0.39, 0.29) is 6.04 Å². The molecule has 90 valence electrons. The number of hydrogen-bond acceptors (Lipinski definition) is 2. The van der Waals surface area contributed by atoms with Gasteiger partial charge < -0.3 is 10.5 Å². The van der Waals surface area contributed by atoms with Crippen LogP contribution in [0, 0.1) is 12.8 Å². The molecule has 1 aromatic carbocycles. The van der Waals surface area contributed by atoms with E-state index in [1.807, 2.05) is 6.07 Å². The van der Waals surface area contributed by atoms with Gasteiger partial charge in [0.2, 0.25) is 0 Å². The molecule has 2 unspecified atom stereocenters. The Labute approximate surface area is 98.8 Å². The van der Waals surface area contributed by atoms with E-state index in [1.54, 1.807) is 7.11 Å². The third-order valence-corrected chi connectivity index (χ3v) is 2.89. The lowest BCUT2D eigenvalue weighted by Gasteiger charge is -2.15. The quantitative estimate of drug-likeness (QED) is 0.829. The number of aryl methyl sites for hydroxylation is 1. The van der Waals surface area contributed by atoms with Crippen molar-refractivity contribution in [1.29, 1.82) is 0 Å². The fraction of sp³-hybridized carbons (Fsp3) is 0.571. The van der Waals surface area contributed by atoms with Gasteiger partial charge in [-0.05, 0) is 55.9 Å². The fourth-order valence-corrected chi connectivity index (χ4v) is 2.12. The van der Waals surface area contributed by atoms with E-state index in [1.165, 1.54) is 11.1 Å². The first-order chi connectivity index (χ1) is 7.52. The van der Waals surface area contributed by atoms with Crippen molar-refractivity contribution in [3.63, 3.8) is 0 Å². The van der Waals surface area contributed by atoms with E-state index in [0.717, 1.165) is 18.6 Å². The van der Waals surface area contributed by atoms with E-state index < -0.39 is 0 Å². The third-order valence-electron chi connectivity index (χ3n) is 2.89. The molecule has 0 spiro atoms. The van der Waals surface area contributed by atoms with Crippen molar-refractivity contribution in [3.05, 3.63) is 29.3 Å². The van der Waals surface area contributed by atoms with Crippen molar-refractivity contribution in [2.45, 2.75) is 39.7 Å². The van der Waals surface area contributed by atoms with Crippen molar-refractivity contribution in [2.24, 2.45) is 11.7 Å². The fourth-order valence-electron chi connectivity index (χ4n) is 2.12. The number of hydrogen-bond donors (Lipinski definition) is 1. The van der Waals surface area contributed by atoms with Gasteiger partial charge in [0.1, 0.15) is 5.75 Å². The average Bonchev–Trinajstić information content (AvgIpc) is 2.19.